The number of halogens is 1. The molecular weight excluding hydrogens is 320 g/mol. The number of unbranched alkanes of at least 4 members (excludes halogenated alkanes) is 1. The number of aromatic amines is 1. The first-order valence-electron chi connectivity index (χ1n) is 8.30. The van der Waals surface area contributed by atoms with Crippen molar-refractivity contribution in [2.75, 3.05) is 13.7 Å². The summed E-state index contributed by atoms with van der Waals surface area (Å²) in [6.45, 7) is 2.80. The van der Waals surface area contributed by atoms with Crippen LogP contribution in [0.15, 0.2) is 36.4 Å². The standard InChI is InChI=1S/C20H23ClN2O/c1-13-11-14(21)12-17-15(7-5-6-10-22)20(23-19(13)17)16-8-3-4-9-18(16)24-2/h3-4,8-9,11-12,23H,5-7,10,22H2,1-2H3. The van der Waals surface area contributed by atoms with Crippen LogP contribution in [0.3, 0.4) is 0 Å². The molecule has 3 nitrogen and oxygen atoms in total. The maximum absolute atomic E-state index is 6.31. The number of hydrogen-bond donors (Lipinski definition) is 2. The summed E-state index contributed by atoms with van der Waals surface area (Å²) in [5, 5.41) is 1.96. The minimum absolute atomic E-state index is 0.714. The first kappa shape index (κ1) is 16.9. The molecule has 0 aliphatic carbocycles. The van der Waals surface area contributed by atoms with E-state index in [2.05, 4.69) is 24.0 Å². The SMILES string of the molecule is COc1ccccc1-c1[nH]c2c(C)cc(Cl)cc2c1CCCCN. The Kier molecular flexibility index (Phi) is 5.12. The Morgan fingerprint density at radius 3 is 2.71 bits per heavy atom. The normalized spacial score (nSPS) is 11.2. The molecule has 0 saturated heterocycles. The predicted molar refractivity (Wildman–Crippen MR) is 102 cm³/mol. The number of benzene rings is 2. The molecule has 3 N–H and O–H groups in total. The summed E-state index contributed by atoms with van der Waals surface area (Å²) in [6.07, 6.45) is 3.03. The third kappa shape index (κ3) is 3.14. The van der Waals surface area contributed by atoms with Crippen molar-refractivity contribution in [3.63, 3.8) is 0 Å². The van der Waals surface area contributed by atoms with Crippen LogP contribution in [0.1, 0.15) is 24.0 Å². The summed E-state index contributed by atoms with van der Waals surface area (Å²) in [7, 11) is 1.71. The molecule has 0 amide bonds. The summed E-state index contributed by atoms with van der Waals surface area (Å²) in [6, 6.07) is 12.2. The van der Waals surface area contributed by atoms with E-state index in [0.717, 1.165) is 52.4 Å². The van der Waals surface area contributed by atoms with Crippen LogP contribution in [-0.2, 0) is 6.42 Å². The van der Waals surface area contributed by atoms with Gasteiger partial charge in [0.15, 0.2) is 0 Å². The van der Waals surface area contributed by atoms with Gasteiger partial charge in [0, 0.05) is 21.5 Å². The highest BCUT2D eigenvalue weighted by molar-refractivity contribution is 6.31. The van der Waals surface area contributed by atoms with Crippen molar-refractivity contribution in [2.45, 2.75) is 26.2 Å². The highest BCUT2D eigenvalue weighted by Gasteiger charge is 2.17. The fourth-order valence-corrected chi connectivity index (χ4v) is 3.54. The van der Waals surface area contributed by atoms with E-state index in [1.807, 2.05) is 24.3 Å². The van der Waals surface area contributed by atoms with Gasteiger partial charge in [-0.25, -0.2) is 0 Å². The summed E-state index contributed by atoms with van der Waals surface area (Å²) >= 11 is 6.31. The van der Waals surface area contributed by atoms with Crippen LogP contribution in [0.25, 0.3) is 22.2 Å². The van der Waals surface area contributed by atoms with Gasteiger partial charge in [-0.1, -0.05) is 23.7 Å². The molecule has 3 rings (SSSR count). The van der Waals surface area contributed by atoms with Crippen molar-refractivity contribution in [3.8, 4) is 17.0 Å². The highest BCUT2D eigenvalue weighted by Crippen LogP contribution is 2.38. The molecule has 2 aromatic carbocycles. The van der Waals surface area contributed by atoms with E-state index in [1.165, 1.54) is 10.9 Å². The number of rotatable bonds is 6. The van der Waals surface area contributed by atoms with Crippen molar-refractivity contribution in [3.05, 3.63) is 52.5 Å². The van der Waals surface area contributed by atoms with Crippen molar-refractivity contribution in [2.24, 2.45) is 5.73 Å². The lowest BCUT2D eigenvalue weighted by molar-refractivity contribution is 0.416. The van der Waals surface area contributed by atoms with Gasteiger partial charge in [-0.05, 0) is 68.1 Å². The fourth-order valence-electron chi connectivity index (χ4n) is 3.27. The maximum atomic E-state index is 6.31. The molecule has 3 aromatic rings. The number of nitrogens with two attached hydrogens (primary N) is 1. The molecule has 0 saturated carbocycles. The second-order valence-corrected chi connectivity index (χ2v) is 6.51. The van der Waals surface area contributed by atoms with Gasteiger partial charge in [0.05, 0.1) is 12.8 Å². The Morgan fingerprint density at radius 2 is 1.96 bits per heavy atom. The molecular formula is C20H23ClN2O. The van der Waals surface area contributed by atoms with Crippen LogP contribution in [0.2, 0.25) is 5.02 Å². The van der Waals surface area contributed by atoms with Crippen LogP contribution in [0, 0.1) is 6.92 Å². The number of fused-ring (bicyclic) bond motifs is 1. The largest absolute Gasteiger partial charge is 0.496 e. The number of methoxy groups -OCH3 is 1. The Balaban J connectivity index is 2.22. The van der Waals surface area contributed by atoms with E-state index in [-0.39, 0.29) is 0 Å². The number of aromatic nitrogens is 1. The van der Waals surface area contributed by atoms with Crippen molar-refractivity contribution in [1.29, 1.82) is 0 Å². The van der Waals surface area contributed by atoms with Crippen molar-refractivity contribution >= 4 is 22.5 Å². The van der Waals surface area contributed by atoms with Crippen LogP contribution in [0.4, 0.5) is 0 Å². The molecule has 24 heavy (non-hydrogen) atoms. The lowest BCUT2D eigenvalue weighted by Gasteiger charge is -2.09. The van der Waals surface area contributed by atoms with E-state index < -0.39 is 0 Å². The molecule has 0 bridgehead atoms. The third-order valence-corrected chi connectivity index (χ3v) is 4.65. The molecule has 0 unspecified atom stereocenters. The highest BCUT2D eigenvalue weighted by atomic mass is 35.5. The molecule has 1 heterocycles. The Bertz CT molecular complexity index is 854. The van der Waals surface area contributed by atoms with E-state index in [0.29, 0.717) is 6.54 Å². The molecule has 126 valence electrons. The van der Waals surface area contributed by atoms with Crippen LogP contribution >= 0.6 is 11.6 Å². The Hall–Kier alpha value is -1.97. The summed E-state index contributed by atoms with van der Waals surface area (Å²) < 4.78 is 5.56. The minimum Gasteiger partial charge on any atom is -0.496 e. The van der Waals surface area contributed by atoms with E-state index in [1.54, 1.807) is 7.11 Å². The molecule has 0 aliphatic heterocycles. The first-order chi connectivity index (χ1) is 11.7. The minimum atomic E-state index is 0.714. The predicted octanol–water partition coefficient (Wildman–Crippen LogP) is 5.09. The molecule has 0 radical (unpaired) electrons. The maximum Gasteiger partial charge on any atom is 0.128 e. The van der Waals surface area contributed by atoms with Crippen LogP contribution in [-0.4, -0.2) is 18.6 Å². The zero-order valence-electron chi connectivity index (χ0n) is 14.2. The summed E-state index contributed by atoms with van der Waals surface area (Å²) in [5.74, 6) is 0.868. The average molecular weight is 343 g/mol. The van der Waals surface area contributed by atoms with E-state index in [4.69, 9.17) is 22.1 Å². The van der Waals surface area contributed by atoms with Gasteiger partial charge >= 0.3 is 0 Å². The van der Waals surface area contributed by atoms with E-state index in [9.17, 15) is 0 Å². The van der Waals surface area contributed by atoms with Crippen LogP contribution < -0.4 is 10.5 Å². The monoisotopic (exact) mass is 342 g/mol. The third-order valence-electron chi connectivity index (χ3n) is 4.43. The number of nitrogens with one attached hydrogen (secondary N) is 1. The Labute approximate surface area is 147 Å². The van der Waals surface area contributed by atoms with E-state index >= 15 is 0 Å². The smallest absolute Gasteiger partial charge is 0.128 e. The molecule has 0 atom stereocenters. The summed E-state index contributed by atoms with van der Waals surface area (Å²) in [4.78, 5) is 3.61. The molecule has 0 spiro atoms. The van der Waals surface area contributed by atoms with Gasteiger partial charge in [0.1, 0.15) is 5.75 Å². The molecule has 1 aromatic heterocycles. The second-order valence-electron chi connectivity index (χ2n) is 6.07. The number of para-hydroxylation sites is 1. The van der Waals surface area contributed by atoms with Gasteiger partial charge < -0.3 is 15.5 Å². The van der Waals surface area contributed by atoms with Crippen LogP contribution in [0.5, 0.6) is 5.75 Å². The second kappa shape index (κ2) is 7.29. The van der Waals surface area contributed by atoms with Gasteiger partial charge in [-0.3, -0.25) is 0 Å². The molecule has 0 fully saturated rings. The van der Waals surface area contributed by atoms with Gasteiger partial charge in [0.25, 0.3) is 0 Å². The zero-order valence-corrected chi connectivity index (χ0v) is 14.9. The number of hydrogen-bond acceptors (Lipinski definition) is 2. The number of aryl methyl sites for hydroxylation is 2. The fraction of sp³-hybridized carbons (Fsp3) is 0.300. The first-order valence-corrected chi connectivity index (χ1v) is 8.67. The van der Waals surface area contributed by atoms with Crippen molar-refractivity contribution < 1.29 is 4.74 Å². The van der Waals surface area contributed by atoms with Gasteiger partial charge in [0.2, 0.25) is 0 Å². The van der Waals surface area contributed by atoms with Gasteiger partial charge in [-0.15, -0.1) is 0 Å². The molecule has 0 aliphatic rings. The molecule has 4 heteroatoms. The topological polar surface area (TPSA) is 51.0 Å². The zero-order chi connectivity index (χ0) is 17.1. The quantitative estimate of drug-likeness (QED) is 0.613. The lowest BCUT2D eigenvalue weighted by atomic mass is 9.99. The van der Waals surface area contributed by atoms with Gasteiger partial charge in [-0.2, -0.15) is 0 Å². The number of ether oxygens (including phenoxy) is 1. The summed E-state index contributed by atoms with van der Waals surface area (Å²) in [5.41, 5.74) is 11.4. The average Bonchev–Trinajstić information content (AvgIpc) is 2.94. The lowest BCUT2D eigenvalue weighted by Crippen LogP contribution is -1.99. The Morgan fingerprint density at radius 1 is 1.17 bits per heavy atom. The number of H-pyrrole nitrogens is 1. The van der Waals surface area contributed by atoms with Crippen molar-refractivity contribution in [1.82, 2.24) is 4.98 Å².